The van der Waals surface area contributed by atoms with E-state index in [9.17, 15) is 9.18 Å². The summed E-state index contributed by atoms with van der Waals surface area (Å²) in [5.41, 5.74) is 3.44. The Kier molecular flexibility index (Phi) is 7.78. The van der Waals surface area contributed by atoms with Gasteiger partial charge in [0.15, 0.2) is 17.4 Å². The second-order valence-electron chi connectivity index (χ2n) is 9.44. The number of alkyl halides is 1. The van der Waals surface area contributed by atoms with Crippen LogP contribution in [0.3, 0.4) is 0 Å². The third kappa shape index (κ3) is 6.04. The van der Waals surface area contributed by atoms with E-state index in [0.717, 1.165) is 17.7 Å². The highest BCUT2D eigenvalue weighted by atomic mass is 19.1. The lowest BCUT2D eigenvalue weighted by Gasteiger charge is -2.17. The summed E-state index contributed by atoms with van der Waals surface area (Å²) in [6.07, 6.45) is 5.14. The SMILES string of the molecule is CCC(=O)c1cnc(Nc2ccc(CN3CC[C@@H](F)C3)cn2)cc1Nc1cccc(-c2ncn(C)n2)c1OC. The largest absolute Gasteiger partial charge is 0.494 e. The minimum atomic E-state index is -0.746. The molecule has 0 radical (unpaired) electrons. The molecular formula is C28H31FN8O2. The molecule has 0 aliphatic carbocycles. The number of ketones is 1. The summed E-state index contributed by atoms with van der Waals surface area (Å²) in [4.78, 5) is 28.1. The van der Waals surface area contributed by atoms with E-state index in [1.54, 1.807) is 43.6 Å². The number of rotatable bonds is 10. The molecule has 10 nitrogen and oxygen atoms in total. The lowest BCUT2D eigenvalue weighted by atomic mass is 10.1. The summed E-state index contributed by atoms with van der Waals surface area (Å²) in [5, 5.41) is 11.0. The Balaban J connectivity index is 1.39. The third-order valence-corrected chi connectivity index (χ3v) is 6.56. The van der Waals surface area contributed by atoms with E-state index in [-0.39, 0.29) is 5.78 Å². The first-order valence-electron chi connectivity index (χ1n) is 12.8. The fourth-order valence-corrected chi connectivity index (χ4v) is 4.59. The van der Waals surface area contributed by atoms with Gasteiger partial charge in [0.2, 0.25) is 0 Å². The molecule has 4 heterocycles. The number of hydrogen-bond donors (Lipinski definition) is 2. The van der Waals surface area contributed by atoms with Gasteiger partial charge in [0.25, 0.3) is 0 Å². The number of benzene rings is 1. The molecule has 1 fully saturated rings. The van der Waals surface area contributed by atoms with Crippen molar-refractivity contribution in [1.29, 1.82) is 0 Å². The predicted octanol–water partition coefficient (Wildman–Crippen LogP) is 4.90. The van der Waals surface area contributed by atoms with Gasteiger partial charge in [-0.3, -0.25) is 14.4 Å². The van der Waals surface area contributed by atoms with Crippen molar-refractivity contribution in [1.82, 2.24) is 29.6 Å². The number of likely N-dealkylation sites (tertiary alicyclic amines) is 1. The zero-order valence-electron chi connectivity index (χ0n) is 22.2. The maximum Gasteiger partial charge on any atom is 0.184 e. The topological polar surface area (TPSA) is 110 Å². The van der Waals surface area contributed by atoms with Gasteiger partial charge in [-0.2, -0.15) is 5.10 Å². The third-order valence-electron chi connectivity index (χ3n) is 6.56. The number of ether oxygens (including phenoxy) is 1. The van der Waals surface area contributed by atoms with Gasteiger partial charge >= 0.3 is 0 Å². The summed E-state index contributed by atoms with van der Waals surface area (Å²) in [7, 11) is 3.38. The van der Waals surface area contributed by atoms with Crippen LogP contribution in [0.5, 0.6) is 5.75 Å². The van der Waals surface area contributed by atoms with Crippen molar-refractivity contribution in [3.8, 4) is 17.1 Å². The molecule has 1 saturated heterocycles. The highest BCUT2D eigenvalue weighted by molar-refractivity contribution is 6.02. The molecule has 11 heteroatoms. The van der Waals surface area contributed by atoms with Crippen molar-refractivity contribution in [2.24, 2.45) is 7.05 Å². The van der Waals surface area contributed by atoms with Crippen LogP contribution in [0.2, 0.25) is 0 Å². The Morgan fingerprint density at radius 1 is 1.10 bits per heavy atom. The summed E-state index contributed by atoms with van der Waals surface area (Å²) >= 11 is 0. The molecule has 0 unspecified atom stereocenters. The van der Waals surface area contributed by atoms with E-state index in [4.69, 9.17) is 4.74 Å². The first-order valence-corrected chi connectivity index (χ1v) is 12.8. The van der Waals surface area contributed by atoms with Gasteiger partial charge in [0.05, 0.1) is 29.6 Å². The molecule has 202 valence electrons. The van der Waals surface area contributed by atoms with Crippen molar-refractivity contribution in [3.05, 3.63) is 66.2 Å². The van der Waals surface area contributed by atoms with Gasteiger partial charge in [-0.25, -0.2) is 19.3 Å². The van der Waals surface area contributed by atoms with Crippen molar-refractivity contribution in [2.75, 3.05) is 30.8 Å². The van der Waals surface area contributed by atoms with E-state index in [1.807, 2.05) is 37.3 Å². The van der Waals surface area contributed by atoms with Crippen LogP contribution in [-0.2, 0) is 13.6 Å². The van der Waals surface area contributed by atoms with Crippen molar-refractivity contribution in [2.45, 2.75) is 32.5 Å². The van der Waals surface area contributed by atoms with Crippen LogP contribution in [0.4, 0.5) is 27.4 Å². The zero-order valence-corrected chi connectivity index (χ0v) is 22.2. The first-order chi connectivity index (χ1) is 18.9. The highest BCUT2D eigenvalue weighted by Crippen LogP contribution is 2.37. The Labute approximate surface area is 226 Å². The number of hydrogen-bond acceptors (Lipinski definition) is 9. The normalized spacial score (nSPS) is 15.3. The number of pyridine rings is 2. The molecular weight excluding hydrogens is 499 g/mol. The van der Waals surface area contributed by atoms with Crippen molar-refractivity contribution in [3.63, 3.8) is 0 Å². The maximum atomic E-state index is 13.5. The van der Waals surface area contributed by atoms with Gasteiger partial charge in [-0.1, -0.05) is 19.1 Å². The van der Waals surface area contributed by atoms with E-state index in [1.165, 1.54) is 0 Å². The van der Waals surface area contributed by atoms with Crippen molar-refractivity contribution < 1.29 is 13.9 Å². The van der Waals surface area contributed by atoms with Gasteiger partial charge in [-0.05, 0) is 30.2 Å². The number of halogens is 1. The number of methoxy groups -OCH3 is 1. The van der Waals surface area contributed by atoms with Crippen LogP contribution in [0.1, 0.15) is 35.7 Å². The lowest BCUT2D eigenvalue weighted by Crippen LogP contribution is -2.20. The van der Waals surface area contributed by atoms with E-state index >= 15 is 0 Å². The number of para-hydroxylation sites is 1. The van der Waals surface area contributed by atoms with E-state index < -0.39 is 6.17 Å². The average Bonchev–Trinajstić information content (AvgIpc) is 3.56. The number of carbonyl (C=O) groups excluding carboxylic acids is 1. The Morgan fingerprint density at radius 3 is 2.62 bits per heavy atom. The molecule has 1 aromatic carbocycles. The molecule has 0 amide bonds. The predicted molar refractivity (Wildman–Crippen MR) is 147 cm³/mol. The second kappa shape index (κ2) is 11.6. The number of anilines is 4. The van der Waals surface area contributed by atoms with E-state index in [2.05, 4.69) is 35.6 Å². The highest BCUT2D eigenvalue weighted by Gasteiger charge is 2.22. The standard InChI is InChI=1S/C28H31FN8O2/c1-4-24(38)21-14-31-26(34-25-9-8-18(13-30-25)15-37-11-10-19(29)16-37)12-23(21)33-22-7-5-6-20(27(22)39-3)28-32-17-36(2)35-28/h5-9,12-14,17,19H,4,10-11,15-16H2,1-3H3,(H2,30,31,33,34)/t19-/m1/s1. The molecule has 0 bridgehead atoms. The van der Waals surface area contributed by atoms with Crippen LogP contribution >= 0.6 is 0 Å². The molecule has 4 aromatic rings. The van der Waals surface area contributed by atoms with Crippen LogP contribution in [0.15, 0.2) is 55.1 Å². The van der Waals surface area contributed by atoms with E-state index in [0.29, 0.717) is 66.1 Å². The van der Waals surface area contributed by atoms with Crippen LogP contribution in [0, 0.1) is 0 Å². The lowest BCUT2D eigenvalue weighted by molar-refractivity contribution is 0.0988. The van der Waals surface area contributed by atoms with Gasteiger partial charge < -0.3 is 15.4 Å². The molecule has 0 saturated carbocycles. The van der Waals surface area contributed by atoms with Crippen LogP contribution < -0.4 is 15.4 Å². The molecule has 39 heavy (non-hydrogen) atoms. The fraction of sp³-hybridized carbons (Fsp3) is 0.321. The molecule has 2 N–H and O–H groups in total. The second-order valence-corrected chi connectivity index (χ2v) is 9.44. The summed E-state index contributed by atoms with van der Waals surface area (Å²) in [6.45, 7) is 3.71. The van der Waals surface area contributed by atoms with Crippen LogP contribution in [-0.4, -0.2) is 61.8 Å². The maximum absolute atomic E-state index is 13.5. The minimum absolute atomic E-state index is 0.0435. The number of nitrogens with zero attached hydrogens (tertiary/aromatic N) is 6. The molecule has 3 aromatic heterocycles. The number of Topliss-reactive ketones (excluding diaryl/α,β-unsaturated/α-hetero) is 1. The smallest absolute Gasteiger partial charge is 0.184 e. The Bertz CT molecular complexity index is 1460. The average molecular weight is 531 g/mol. The molecule has 5 rings (SSSR count). The first kappa shape index (κ1) is 26.2. The molecule has 1 aliphatic heterocycles. The van der Waals surface area contributed by atoms with Gasteiger partial charge in [-0.15, -0.1) is 0 Å². The Hall–Kier alpha value is -4.38. The molecule has 0 spiro atoms. The monoisotopic (exact) mass is 530 g/mol. The zero-order chi connectivity index (χ0) is 27.4. The molecule has 1 atom stereocenters. The quantitative estimate of drug-likeness (QED) is 0.277. The van der Waals surface area contributed by atoms with Crippen molar-refractivity contribution >= 4 is 28.8 Å². The number of aromatic nitrogens is 5. The summed E-state index contributed by atoms with van der Waals surface area (Å²) in [5.74, 6) is 2.17. The number of nitrogens with one attached hydrogen (secondary N) is 2. The molecule has 1 aliphatic rings. The number of aryl methyl sites for hydroxylation is 1. The Morgan fingerprint density at radius 2 is 1.95 bits per heavy atom. The number of carbonyl (C=O) groups is 1. The summed E-state index contributed by atoms with van der Waals surface area (Å²) < 4.78 is 20.8. The van der Waals surface area contributed by atoms with Gasteiger partial charge in [0.1, 0.15) is 24.1 Å². The summed E-state index contributed by atoms with van der Waals surface area (Å²) in [6, 6.07) is 11.2. The van der Waals surface area contributed by atoms with Crippen LogP contribution in [0.25, 0.3) is 11.4 Å². The fourth-order valence-electron chi connectivity index (χ4n) is 4.59. The minimum Gasteiger partial charge on any atom is -0.494 e. The van der Waals surface area contributed by atoms with Gasteiger partial charge in [0, 0.05) is 51.6 Å².